The highest BCUT2D eigenvalue weighted by atomic mass is 79.9. The first-order valence-electron chi connectivity index (χ1n) is 4.72. The van der Waals surface area contributed by atoms with Crippen LogP contribution < -0.4 is 0 Å². The number of fused-ring (bicyclic) bond motifs is 3. The molecular weight excluding hydrogens is 348 g/mol. The Bertz CT molecular complexity index is 785. The first kappa shape index (κ1) is 10.7. The molecule has 0 fully saturated rings. The fourth-order valence-electron chi connectivity index (χ4n) is 1.78. The Kier molecular flexibility index (Phi) is 2.38. The molecule has 3 aromatic rings. The van der Waals surface area contributed by atoms with Crippen LogP contribution in [0, 0.1) is 11.3 Å². The second-order valence-corrected chi connectivity index (χ2v) is 5.20. The average Bonchev–Trinajstić information content (AvgIpc) is 2.68. The van der Waals surface area contributed by atoms with Gasteiger partial charge in [0.1, 0.15) is 11.7 Å². The smallest absolute Gasteiger partial charge is 0.155 e. The summed E-state index contributed by atoms with van der Waals surface area (Å²) in [5.74, 6) is 0. The van der Waals surface area contributed by atoms with Crippen LogP contribution in [0.3, 0.4) is 0 Å². The normalized spacial score (nSPS) is 10.9. The van der Waals surface area contributed by atoms with Gasteiger partial charge in [-0.05, 0) is 37.9 Å². The molecule has 17 heavy (non-hydrogen) atoms. The van der Waals surface area contributed by atoms with Crippen molar-refractivity contribution in [2.24, 2.45) is 0 Å². The Morgan fingerprint density at radius 3 is 2.82 bits per heavy atom. The van der Waals surface area contributed by atoms with Crippen LogP contribution in [0.25, 0.3) is 21.9 Å². The third-order valence-corrected chi connectivity index (χ3v) is 3.71. The van der Waals surface area contributed by atoms with Crippen molar-refractivity contribution in [1.29, 1.82) is 5.26 Å². The van der Waals surface area contributed by atoms with Crippen molar-refractivity contribution in [3.05, 3.63) is 33.1 Å². The van der Waals surface area contributed by atoms with Crippen molar-refractivity contribution < 1.29 is 0 Å². The lowest BCUT2D eigenvalue weighted by atomic mass is 10.2. The van der Waals surface area contributed by atoms with E-state index >= 15 is 0 Å². The summed E-state index contributed by atoms with van der Waals surface area (Å²) in [6, 6.07) is 4.02. The Morgan fingerprint density at radius 2 is 2.06 bits per heavy atom. The molecule has 1 N–H and O–H groups in total. The number of pyridine rings is 2. The summed E-state index contributed by atoms with van der Waals surface area (Å²) in [6.45, 7) is 0. The van der Waals surface area contributed by atoms with E-state index in [9.17, 15) is 0 Å². The molecule has 6 heteroatoms. The zero-order chi connectivity index (χ0) is 12.0. The van der Waals surface area contributed by atoms with Crippen LogP contribution in [-0.2, 0) is 0 Å². The summed E-state index contributed by atoms with van der Waals surface area (Å²) in [4.78, 5) is 11.5. The number of aromatic nitrogens is 3. The number of hydrogen-bond donors (Lipinski definition) is 1. The summed E-state index contributed by atoms with van der Waals surface area (Å²) in [5, 5.41) is 10.9. The molecule has 3 aromatic heterocycles. The Balaban J connectivity index is 2.57. The maximum absolute atomic E-state index is 8.96. The van der Waals surface area contributed by atoms with Crippen LogP contribution in [-0.4, -0.2) is 15.0 Å². The van der Waals surface area contributed by atoms with E-state index in [0.717, 1.165) is 26.4 Å². The molecule has 82 valence electrons. The maximum atomic E-state index is 8.96. The van der Waals surface area contributed by atoms with Crippen LogP contribution in [0.15, 0.2) is 27.4 Å². The number of rotatable bonds is 0. The second kappa shape index (κ2) is 3.79. The molecule has 0 saturated heterocycles. The van der Waals surface area contributed by atoms with Gasteiger partial charge in [-0.2, -0.15) is 5.26 Å². The first-order valence-corrected chi connectivity index (χ1v) is 6.31. The van der Waals surface area contributed by atoms with E-state index in [1.807, 2.05) is 6.07 Å². The molecule has 0 aliphatic carbocycles. The number of hydrogen-bond acceptors (Lipinski definition) is 3. The molecule has 0 atom stereocenters. The van der Waals surface area contributed by atoms with Crippen LogP contribution in [0.4, 0.5) is 0 Å². The van der Waals surface area contributed by atoms with E-state index in [2.05, 4.69) is 52.9 Å². The second-order valence-electron chi connectivity index (χ2n) is 3.50. The van der Waals surface area contributed by atoms with Gasteiger partial charge in [0.25, 0.3) is 0 Å². The lowest BCUT2D eigenvalue weighted by Crippen LogP contribution is -1.84. The van der Waals surface area contributed by atoms with E-state index in [-0.39, 0.29) is 0 Å². The molecule has 4 nitrogen and oxygen atoms in total. The SMILES string of the molecule is N#Cc1ncc2[nH]c3ncc(Br)cc3c2c1Br. The highest BCUT2D eigenvalue weighted by Gasteiger charge is 2.12. The molecule has 0 bridgehead atoms. The van der Waals surface area contributed by atoms with E-state index in [0.29, 0.717) is 10.2 Å². The minimum atomic E-state index is 0.373. The molecule has 0 aliphatic heterocycles. The third-order valence-electron chi connectivity index (χ3n) is 2.50. The first-order chi connectivity index (χ1) is 8.20. The lowest BCUT2D eigenvalue weighted by Gasteiger charge is -1.97. The minimum absolute atomic E-state index is 0.373. The van der Waals surface area contributed by atoms with Crippen LogP contribution >= 0.6 is 31.9 Å². The van der Waals surface area contributed by atoms with Crippen molar-refractivity contribution in [3.8, 4) is 6.07 Å². The van der Waals surface area contributed by atoms with Gasteiger partial charge in [-0.15, -0.1) is 0 Å². The van der Waals surface area contributed by atoms with Crippen LogP contribution in [0.5, 0.6) is 0 Å². The molecule has 3 rings (SSSR count). The Morgan fingerprint density at radius 1 is 1.24 bits per heavy atom. The van der Waals surface area contributed by atoms with E-state index < -0.39 is 0 Å². The fourth-order valence-corrected chi connectivity index (χ4v) is 2.73. The summed E-state index contributed by atoms with van der Waals surface area (Å²) in [7, 11) is 0. The van der Waals surface area contributed by atoms with Gasteiger partial charge in [0, 0.05) is 21.4 Å². The molecule has 3 heterocycles. The lowest BCUT2D eigenvalue weighted by molar-refractivity contribution is 1.26. The molecule has 0 spiro atoms. The summed E-state index contributed by atoms with van der Waals surface area (Å²) < 4.78 is 1.59. The number of aromatic amines is 1. The quantitative estimate of drug-likeness (QED) is 0.674. The van der Waals surface area contributed by atoms with Gasteiger partial charge in [-0.3, -0.25) is 0 Å². The monoisotopic (exact) mass is 350 g/mol. The summed E-state index contributed by atoms with van der Waals surface area (Å²) in [6.07, 6.45) is 3.37. The Labute approximate surface area is 113 Å². The molecule has 0 aliphatic rings. The molecule has 0 radical (unpaired) electrons. The molecule has 0 saturated carbocycles. The van der Waals surface area contributed by atoms with Crippen LogP contribution in [0.2, 0.25) is 0 Å². The fraction of sp³-hybridized carbons (Fsp3) is 0. The van der Waals surface area contributed by atoms with Crippen molar-refractivity contribution in [2.75, 3.05) is 0 Å². The van der Waals surface area contributed by atoms with E-state index in [1.165, 1.54) is 0 Å². The van der Waals surface area contributed by atoms with Gasteiger partial charge >= 0.3 is 0 Å². The predicted molar refractivity (Wildman–Crippen MR) is 71.5 cm³/mol. The number of H-pyrrole nitrogens is 1. The Hall–Kier alpha value is -1.45. The van der Waals surface area contributed by atoms with Crippen LogP contribution in [0.1, 0.15) is 5.69 Å². The van der Waals surface area contributed by atoms with Gasteiger partial charge in [-0.1, -0.05) is 0 Å². The van der Waals surface area contributed by atoms with Gasteiger partial charge < -0.3 is 4.98 Å². The zero-order valence-corrected chi connectivity index (χ0v) is 11.5. The van der Waals surface area contributed by atoms with Crippen molar-refractivity contribution in [3.63, 3.8) is 0 Å². The molecule has 0 unspecified atom stereocenters. The van der Waals surface area contributed by atoms with Gasteiger partial charge in [0.15, 0.2) is 5.69 Å². The van der Waals surface area contributed by atoms with Crippen molar-refractivity contribution >= 4 is 53.8 Å². The molecule has 0 aromatic carbocycles. The predicted octanol–water partition coefficient (Wildman–Crippen LogP) is 3.51. The largest absolute Gasteiger partial charge is 0.338 e. The number of halogens is 2. The van der Waals surface area contributed by atoms with E-state index in [1.54, 1.807) is 12.4 Å². The number of nitrogens with one attached hydrogen (secondary N) is 1. The zero-order valence-electron chi connectivity index (χ0n) is 8.33. The standard InChI is InChI=1S/C11H4Br2N4/c12-5-1-6-9-8(17-11(6)16-3-5)4-15-7(2-14)10(9)13/h1,3-4H,(H,16,17). The topological polar surface area (TPSA) is 65.4 Å². The highest BCUT2D eigenvalue weighted by molar-refractivity contribution is 9.11. The third kappa shape index (κ3) is 1.54. The van der Waals surface area contributed by atoms with Gasteiger partial charge in [-0.25, -0.2) is 9.97 Å². The molecule has 0 amide bonds. The van der Waals surface area contributed by atoms with Gasteiger partial charge in [0.2, 0.25) is 0 Å². The van der Waals surface area contributed by atoms with Gasteiger partial charge in [0.05, 0.1) is 16.2 Å². The summed E-state index contributed by atoms with van der Waals surface area (Å²) >= 11 is 6.81. The van der Waals surface area contributed by atoms with Crippen molar-refractivity contribution in [2.45, 2.75) is 0 Å². The number of nitrogens with zero attached hydrogens (tertiary/aromatic N) is 3. The average molecular weight is 352 g/mol. The maximum Gasteiger partial charge on any atom is 0.155 e. The summed E-state index contributed by atoms with van der Waals surface area (Å²) in [5.41, 5.74) is 2.01. The minimum Gasteiger partial charge on any atom is -0.338 e. The number of nitriles is 1. The van der Waals surface area contributed by atoms with E-state index in [4.69, 9.17) is 5.26 Å². The molecular formula is C11H4Br2N4. The van der Waals surface area contributed by atoms with Crippen molar-refractivity contribution in [1.82, 2.24) is 15.0 Å². The highest BCUT2D eigenvalue weighted by Crippen LogP contribution is 2.32.